The van der Waals surface area contributed by atoms with Crippen molar-refractivity contribution in [3.05, 3.63) is 35.4 Å². The number of benzene rings is 1. The van der Waals surface area contributed by atoms with Crippen molar-refractivity contribution in [3.8, 4) is 0 Å². The van der Waals surface area contributed by atoms with Gasteiger partial charge in [0.15, 0.2) is 0 Å². The van der Waals surface area contributed by atoms with E-state index in [1.165, 1.54) is 11.1 Å². The van der Waals surface area contributed by atoms with Crippen LogP contribution in [0.25, 0.3) is 0 Å². The Kier molecular flexibility index (Phi) is 4.51. The molecule has 0 aliphatic rings. The van der Waals surface area contributed by atoms with Crippen LogP contribution < -0.4 is 0 Å². The van der Waals surface area contributed by atoms with Gasteiger partial charge in [0.05, 0.1) is 11.7 Å². The van der Waals surface area contributed by atoms with E-state index in [0.29, 0.717) is 0 Å². The Morgan fingerprint density at radius 3 is 2.06 bits per heavy atom. The normalized spacial score (nSPS) is 13.8. The molecule has 1 unspecified atom stereocenters. The van der Waals surface area contributed by atoms with Gasteiger partial charge in [0, 0.05) is 14.2 Å². The highest BCUT2D eigenvalue weighted by atomic mass is 16.5. The third-order valence-electron chi connectivity index (χ3n) is 3.14. The van der Waals surface area contributed by atoms with E-state index in [1.54, 1.807) is 14.2 Å². The van der Waals surface area contributed by atoms with Gasteiger partial charge in [0.1, 0.15) is 0 Å². The Hall–Kier alpha value is -0.860. The molecule has 0 spiro atoms. The molecular weight excluding hydrogens is 200 g/mol. The molecule has 1 aromatic rings. The number of methoxy groups -OCH3 is 2. The summed E-state index contributed by atoms with van der Waals surface area (Å²) in [4.78, 5) is 0. The predicted octanol–water partition coefficient (Wildman–Crippen LogP) is 3.67. The molecule has 0 aromatic heterocycles. The monoisotopic (exact) mass is 222 g/mol. The number of hydrogen-bond donors (Lipinski definition) is 0. The van der Waals surface area contributed by atoms with Gasteiger partial charge in [-0.1, -0.05) is 31.2 Å². The van der Waals surface area contributed by atoms with E-state index in [4.69, 9.17) is 9.47 Å². The Labute approximate surface area is 98.6 Å². The lowest BCUT2D eigenvalue weighted by Crippen LogP contribution is -2.19. The standard InChI is InChI=1S/C14H22O2/c1-6-13(15-4)11-7-9-12(10-8-11)14(2,3)16-5/h7-10,13H,6H2,1-5H3. The molecule has 2 heteroatoms. The van der Waals surface area contributed by atoms with Gasteiger partial charge in [-0.05, 0) is 31.4 Å². The van der Waals surface area contributed by atoms with E-state index in [2.05, 4.69) is 45.0 Å². The van der Waals surface area contributed by atoms with Crippen molar-refractivity contribution >= 4 is 0 Å². The highest BCUT2D eigenvalue weighted by molar-refractivity contribution is 5.27. The first-order valence-corrected chi connectivity index (χ1v) is 5.73. The summed E-state index contributed by atoms with van der Waals surface area (Å²) in [5, 5.41) is 0. The zero-order valence-electron chi connectivity index (χ0n) is 10.9. The number of rotatable bonds is 5. The minimum absolute atomic E-state index is 0.194. The highest BCUT2D eigenvalue weighted by Crippen LogP contribution is 2.26. The average molecular weight is 222 g/mol. The Bertz CT molecular complexity index is 310. The average Bonchev–Trinajstić information content (AvgIpc) is 2.31. The molecule has 0 radical (unpaired) electrons. The van der Waals surface area contributed by atoms with Crippen molar-refractivity contribution in [1.82, 2.24) is 0 Å². The lowest BCUT2D eigenvalue weighted by atomic mass is 9.95. The number of hydrogen-bond acceptors (Lipinski definition) is 2. The van der Waals surface area contributed by atoms with Crippen molar-refractivity contribution in [2.45, 2.75) is 38.9 Å². The van der Waals surface area contributed by atoms with Gasteiger partial charge in [0.2, 0.25) is 0 Å². The SMILES string of the molecule is CCC(OC)c1ccc(C(C)(C)OC)cc1. The molecule has 0 aliphatic carbocycles. The molecule has 0 amide bonds. The Morgan fingerprint density at radius 1 is 1.12 bits per heavy atom. The zero-order chi connectivity index (χ0) is 12.2. The molecule has 0 saturated carbocycles. The maximum absolute atomic E-state index is 5.45. The first-order chi connectivity index (χ1) is 7.55. The van der Waals surface area contributed by atoms with Crippen molar-refractivity contribution in [2.75, 3.05) is 14.2 Å². The summed E-state index contributed by atoms with van der Waals surface area (Å²) in [6.45, 7) is 6.26. The second-order valence-electron chi connectivity index (χ2n) is 4.47. The second-order valence-corrected chi connectivity index (χ2v) is 4.47. The summed E-state index contributed by atoms with van der Waals surface area (Å²) >= 11 is 0. The molecule has 1 aromatic carbocycles. The van der Waals surface area contributed by atoms with E-state index in [1.807, 2.05) is 0 Å². The summed E-state index contributed by atoms with van der Waals surface area (Å²) in [6.07, 6.45) is 1.18. The van der Waals surface area contributed by atoms with Gasteiger partial charge < -0.3 is 9.47 Å². The van der Waals surface area contributed by atoms with Gasteiger partial charge in [-0.25, -0.2) is 0 Å². The van der Waals surface area contributed by atoms with Crippen LogP contribution >= 0.6 is 0 Å². The molecule has 16 heavy (non-hydrogen) atoms. The molecule has 2 nitrogen and oxygen atoms in total. The summed E-state index contributed by atoms with van der Waals surface area (Å²) < 4.78 is 10.9. The molecule has 0 N–H and O–H groups in total. The van der Waals surface area contributed by atoms with Crippen molar-refractivity contribution < 1.29 is 9.47 Å². The van der Waals surface area contributed by atoms with Gasteiger partial charge >= 0.3 is 0 Å². The van der Waals surface area contributed by atoms with Crippen molar-refractivity contribution in [1.29, 1.82) is 0 Å². The minimum atomic E-state index is -0.229. The molecule has 1 atom stereocenters. The van der Waals surface area contributed by atoms with Crippen LogP contribution in [0.4, 0.5) is 0 Å². The van der Waals surface area contributed by atoms with E-state index >= 15 is 0 Å². The van der Waals surface area contributed by atoms with Gasteiger partial charge in [-0.2, -0.15) is 0 Å². The molecule has 0 fully saturated rings. The third kappa shape index (κ3) is 2.83. The summed E-state index contributed by atoms with van der Waals surface area (Å²) in [6, 6.07) is 8.46. The van der Waals surface area contributed by atoms with Gasteiger partial charge in [0.25, 0.3) is 0 Å². The summed E-state index contributed by atoms with van der Waals surface area (Å²) in [5.74, 6) is 0. The third-order valence-corrected chi connectivity index (χ3v) is 3.14. The van der Waals surface area contributed by atoms with Crippen LogP contribution in [-0.4, -0.2) is 14.2 Å². The molecule has 0 bridgehead atoms. The zero-order valence-corrected chi connectivity index (χ0v) is 10.9. The summed E-state index contributed by atoms with van der Waals surface area (Å²) in [7, 11) is 3.49. The molecule has 0 saturated heterocycles. The van der Waals surface area contributed by atoms with Crippen LogP contribution in [0.5, 0.6) is 0 Å². The Balaban J connectivity index is 2.90. The summed E-state index contributed by atoms with van der Waals surface area (Å²) in [5.41, 5.74) is 2.18. The molecule has 0 aliphatic heterocycles. The topological polar surface area (TPSA) is 18.5 Å². The van der Waals surface area contributed by atoms with Crippen LogP contribution in [0.15, 0.2) is 24.3 Å². The fourth-order valence-electron chi connectivity index (χ4n) is 1.76. The fourth-order valence-corrected chi connectivity index (χ4v) is 1.76. The van der Waals surface area contributed by atoms with Crippen LogP contribution in [-0.2, 0) is 15.1 Å². The first kappa shape index (κ1) is 13.2. The Morgan fingerprint density at radius 2 is 1.69 bits per heavy atom. The molecule has 0 heterocycles. The smallest absolute Gasteiger partial charge is 0.0871 e. The fraction of sp³-hybridized carbons (Fsp3) is 0.571. The van der Waals surface area contributed by atoms with E-state index < -0.39 is 0 Å². The van der Waals surface area contributed by atoms with E-state index in [0.717, 1.165) is 6.42 Å². The highest BCUT2D eigenvalue weighted by Gasteiger charge is 2.19. The van der Waals surface area contributed by atoms with Crippen LogP contribution in [0.2, 0.25) is 0 Å². The van der Waals surface area contributed by atoms with E-state index in [9.17, 15) is 0 Å². The van der Waals surface area contributed by atoms with Crippen LogP contribution in [0.3, 0.4) is 0 Å². The largest absolute Gasteiger partial charge is 0.377 e. The number of ether oxygens (including phenoxy) is 2. The van der Waals surface area contributed by atoms with Gasteiger partial charge in [-0.15, -0.1) is 0 Å². The van der Waals surface area contributed by atoms with Crippen molar-refractivity contribution in [2.24, 2.45) is 0 Å². The quantitative estimate of drug-likeness (QED) is 0.757. The lowest BCUT2D eigenvalue weighted by Gasteiger charge is -2.24. The van der Waals surface area contributed by atoms with E-state index in [-0.39, 0.29) is 11.7 Å². The molecular formula is C14H22O2. The molecule has 90 valence electrons. The predicted molar refractivity (Wildman–Crippen MR) is 66.5 cm³/mol. The van der Waals surface area contributed by atoms with Crippen molar-refractivity contribution in [3.63, 3.8) is 0 Å². The van der Waals surface area contributed by atoms with Crippen LogP contribution in [0, 0.1) is 0 Å². The second kappa shape index (κ2) is 5.46. The van der Waals surface area contributed by atoms with Gasteiger partial charge in [-0.3, -0.25) is 0 Å². The lowest BCUT2D eigenvalue weighted by molar-refractivity contribution is 0.0191. The minimum Gasteiger partial charge on any atom is -0.377 e. The maximum atomic E-state index is 5.45. The van der Waals surface area contributed by atoms with Crippen LogP contribution in [0.1, 0.15) is 44.4 Å². The first-order valence-electron chi connectivity index (χ1n) is 5.73. The molecule has 1 rings (SSSR count). The maximum Gasteiger partial charge on any atom is 0.0871 e.